The normalized spacial score (nSPS) is 9.64. The second-order valence-electron chi connectivity index (χ2n) is 2.22. The molecule has 0 atom stereocenters. The molecule has 0 bridgehead atoms. The third kappa shape index (κ3) is 4.29. The molecule has 2 nitrogen and oxygen atoms in total. The van der Waals surface area contributed by atoms with Crippen molar-refractivity contribution < 1.29 is 9.59 Å². The van der Waals surface area contributed by atoms with Crippen molar-refractivity contribution in [3.63, 3.8) is 0 Å². The zero-order chi connectivity index (χ0) is 8.69. The van der Waals surface area contributed by atoms with Crippen molar-refractivity contribution in [1.29, 1.82) is 0 Å². The minimum absolute atomic E-state index is 0.194. The maximum absolute atomic E-state index is 10.6. The van der Waals surface area contributed by atoms with Gasteiger partial charge in [0.25, 0.3) is 0 Å². The lowest BCUT2D eigenvalue weighted by Crippen LogP contribution is -1.95. The summed E-state index contributed by atoms with van der Waals surface area (Å²) in [5.74, 6) is 1.43. The zero-order valence-electron chi connectivity index (χ0n) is 6.89. The second kappa shape index (κ2) is 5.63. The highest BCUT2D eigenvalue weighted by Crippen LogP contribution is 1.99. The highest BCUT2D eigenvalue weighted by molar-refractivity contribution is 6.00. The first-order valence-electron chi connectivity index (χ1n) is 3.62. The van der Waals surface area contributed by atoms with Gasteiger partial charge in [0.05, 0.1) is 5.57 Å². The summed E-state index contributed by atoms with van der Waals surface area (Å²) in [4.78, 5) is 20.8. The van der Waals surface area contributed by atoms with E-state index >= 15 is 0 Å². The van der Waals surface area contributed by atoms with Crippen LogP contribution in [0.3, 0.4) is 0 Å². The van der Waals surface area contributed by atoms with E-state index in [2.05, 4.69) is 0 Å². The Kier molecular flexibility index (Phi) is 5.05. The summed E-state index contributed by atoms with van der Waals surface area (Å²) in [7, 11) is 0. The topological polar surface area (TPSA) is 34.1 Å². The molecule has 0 N–H and O–H groups in total. The van der Waals surface area contributed by atoms with Gasteiger partial charge < -0.3 is 0 Å². The average Bonchev–Trinajstić information content (AvgIpc) is 1.97. The fourth-order valence-electron chi connectivity index (χ4n) is 0.625. The summed E-state index contributed by atoms with van der Waals surface area (Å²) in [6, 6.07) is 0. The van der Waals surface area contributed by atoms with Crippen LogP contribution in [-0.2, 0) is 9.59 Å². The van der Waals surface area contributed by atoms with Crippen molar-refractivity contribution in [2.75, 3.05) is 0 Å². The minimum Gasteiger partial charge on any atom is -0.294 e. The van der Waals surface area contributed by atoms with Gasteiger partial charge in [-0.05, 0) is 13.3 Å². The fourth-order valence-corrected chi connectivity index (χ4v) is 0.625. The Morgan fingerprint density at radius 2 is 2.09 bits per heavy atom. The highest BCUT2D eigenvalue weighted by atomic mass is 16.1. The van der Waals surface area contributed by atoms with Gasteiger partial charge in [-0.2, -0.15) is 0 Å². The number of hydrogen-bond donors (Lipinski definition) is 0. The zero-order valence-corrected chi connectivity index (χ0v) is 6.89. The number of carbonyl (C=O) groups excluding carboxylic acids is 2. The number of carbonyl (C=O) groups is 1. The lowest BCUT2D eigenvalue weighted by Gasteiger charge is -1.89. The second-order valence-corrected chi connectivity index (χ2v) is 2.22. The van der Waals surface area contributed by atoms with Gasteiger partial charge in [-0.15, -0.1) is 0 Å². The van der Waals surface area contributed by atoms with Crippen LogP contribution in [0, 0.1) is 0 Å². The molecule has 2 heteroatoms. The number of Topliss-reactive ketones (excluding diaryl/α,β-unsaturated/α-hetero) is 1. The standard InChI is InChI=1S/C9H12O2/c1-3-4-5-6-9(7-10)8(2)11/h4-5H,3,6H2,1-2H3/b5-4-. The summed E-state index contributed by atoms with van der Waals surface area (Å²) in [6.07, 6.45) is 5.05. The van der Waals surface area contributed by atoms with E-state index < -0.39 is 0 Å². The summed E-state index contributed by atoms with van der Waals surface area (Å²) >= 11 is 0. The van der Waals surface area contributed by atoms with E-state index in [1.165, 1.54) is 6.92 Å². The molecular weight excluding hydrogens is 140 g/mol. The van der Waals surface area contributed by atoms with Crippen molar-refractivity contribution in [1.82, 2.24) is 0 Å². The van der Waals surface area contributed by atoms with E-state index in [0.29, 0.717) is 6.42 Å². The van der Waals surface area contributed by atoms with Crippen molar-refractivity contribution in [2.45, 2.75) is 26.7 Å². The molecule has 0 aromatic heterocycles. The fraction of sp³-hybridized carbons (Fsp3) is 0.444. The smallest absolute Gasteiger partial charge is 0.167 e. The Morgan fingerprint density at radius 1 is 1.45 bits per heavy atom. The van der Waals surface area contributed by atoms with E-state index in [-0.39, 0.29) is 11.4 Å². The first kappa shape index (κ1) is 9.86. The Labute approximate surface area is 66.6 Å². The maximum atomic E-state index is 10.6. The Bertz CT molecular complexity index is 208. The van der Waals surface area contributed by atoms with E-state index in [0.717, 1.165) is 6.42 Å². The van der Waals surface area contributed by atoms with Gasteiger partial charge >= 0.3 is 0 Å². The van der Waals surface area contributed by atoms with Gasteiger partial charge in [0.1, 0.15) is 5.94 Å². The van der Waals surface area contributed by atoms with Crippen LogP contribution in [-0.4, -0.2) is 11.7 Å². The number of allylic oxidation sites excluding steroid dienone is 3. The van der Waals surface area contributed by atoms with Crippen LogP contribution >= 0.6 is 0 Å². The highest BCUT2D eigenvalue weighted by Gasteiger charge is 2.00. The van der Waals surface area contributed by atoms with Crippen LogP contribution in [0.5, 0.6) is 0 Å². The van der Waals surface area contributed by atoms with E-state index in [9.17, 15) is 9.59 Å². The largest absolute Gasteiger partial charge is 0.294 e. The molecule has 0 aliphatic carbocycles. The molecule has 60 valence electrons. The number of rotatable bonds is 4. The molecule has 0 rings (SSSR count). The summed E-state index contributed by atoms with van der Waals surface area (Å²) < 4.78 is 0. The number of hydrogen-bond acceptors (Lipinski definition) is 2. The minimum atomic E-state index is -0.194. The number of ketones is 1. The van der Waals surface area contributed by atoms with Crippen LogP contribution in [0.1, 0.15) is 26.7 Å². The van der Waals surface area contributed by atoms with Gasteiger partial charge in [-0.25, -0.2) is 4.79 Å². The first-order valence-corrected chi connectivity index (χ1v) is 3.62. The van der Waals surface area contributed by atoms with Gasteiger partial charge in [0.15, 0.2) is 5.78 Å². The molecule has 0 fully saturated rings. The molecule has 0 amide bonds. The lowest BCUT2D eigenvalue weighted by molar-refractivity contribution is -0.113. The van der Waals surface area contributed by atoms with Crippen LogP contribution in [0.4, 0.5) is 0 Å². The molecule has 0 radical (unpaired) electrons. The SMILES string of the molecule is CC/C=C\CC(=C=O)C(C)=O. The molecule has 0 aliphatic heterocycles. The van der Waals surface area contributed by atoms with Crippen LogP contribution in [0.2, 0.25) is 0 Å². The van der Waals surface area contributed by atoms with E-state index in [1.54, 1.807) is 5.94 Å². The maximum Gasteiger partial charge on any atom is 0.167 e. The molecule has 0 saturated carbocycles. The van der Waals surface area contributed by atoms with E-state index in [4.69, 9.17) is 0 Å². The Morgan fingerprint density at radius 3 is 2.45 bits per heavy atom. The van der Waals surface area contributed by atoms with Crippen LogP contribution in [0.25, 0.3) is 0 Å². The molecule has 0 unspecified atom stereocenters. The monoisotopic (exact) mass is 152 g/mol. The predicted octanol–water partition coefficient (Wildman–Crippen LogP) is 1.69. The molecule has 0 aromatic rings. The van der Waals surface area contributed by atoms with Gasteiger partial charge in [0.2, 0.25) is 0 Å². The summed E-state index contributed by atoms with van der Waals surface area (Å²) in [5, 5.41) is 0. The third-order valence-corrected chi connectivity index (χ3v) is 1.27. The predicted molar refractivity (Wildman–Crippen MR) is 43.9 cm³/mol. The van der Waals surface area contributed by atoms with Crippen molar-refractivity contribution >= 4 is 11.7 Å². The molecule has 0 spiro atoms. The Hall–Kier alpha value is -1.14. The quantitative estimate of drug-likeness (QED) is 0.349. The van der Waals surface area contributed by atoms with Crippen LogP contribution in [0.15, 0.2) is 17.7 Å². The van der Waals surface area contributed by atoms with Crippen molar-refractivity contribution in [3.05, 3.63) is 17.7 Å². The van der Waals surface area contributed by atoms with Crippen molar-refractivity contribution in [3.8, 4) is 0 Å². The Balaban J connectivity index is 4.02. The van der Waals surface area contributed by atoms with Gasteiger partial charge in [-0.3, -0.25) is 4.79 Å². The van der Waals surface area contributed by atoms with E-state index in [1.807, 2.05) is 19.1 Å². The molecule has 0 aliphatic rings. The lowest BCUT2D eigenvalue weighted by atomic mass is 10.1. The van der Waals surface area contributed by atoms with Crippen LogP contribution < -0.4 is 0 Å². The van der Waals surface area contributed by atoms with Gasteiger partial charge in [-0.1, -0.05) is 19.1 Å². The average molecular weight is 152 g/mol. The molecule has 11 heavy (non-hydrogen) atoms. The summed E-state index contributed by atoms with van der Waals surface area (Å²) in [6.45, 7) is 3.37. The first-order chi connectivity index (χ1) is 5.22. The molecule has 0 aromatic carbocycles. The molecule has 0 saturated heterocycles. The summed E-state index contributed by atoms with van der Waals surface area (Å²) in [5.41, 5.74) is 0.217. The third-order valence-electron chi connectivity index (χ3n) is 1.27. The molecule has 0 heterocycles. The van der Waals surface area contributed by atoms with Gasteiger partial charge in [0, 0.05) is 6.42 Å². The molecular formula is C9H12O2. The van der Waals surface area contributed by atoms with Crippen molar-refractivity contribution in [2.24, 2.45) is 0 Å².